The summed E-state index contributed by atoms with van der Waals surface area (Å²) in [6, 6.07) is 14.9. The molecule has 0 fully saturated rings. The Balaban J connectivity index is 2.01. The van der Waals surface area contributed by atoms with Gasteiger partial charge in [0.25, 0.3) is 0 Å². The SMILES string of the molecule is CCOC(=O)c1cc(C(=O)c2cc(OC)ccc2O)cnc1Nc1ccccc1. The molecule has 148 valence electrons. The molecular weight excluding hydrogens is 372 g/mol. The summed E-state index contributed by atoms with van der Waals surface area (Å²) in [6.45, 7) is 1.87. The van der Waals surface area contributed by atoms with Crippen LogP contribution >= 0.6 is 0 Å². The van der Waals surface area contributed by atoms with Gasteiger partial charge in [0.2, 0.25) is 0 Å². The average molecular weight is 392 g/mol. The number of aromatic nitrogens is 1. The molecule has 0 aliphatic carbocycles. The first-order valence-electron chi connectivity index (χ1n) is 8.94. The number of phenolic OH excluding ortho intramolecular Hbond substituents is 1. The predicted molar refractivity (Wildman–Crippen MR) is 108 cm³/mol. The molecule has 2 N–H and O–H groups in total. The maximum Gasteiger partial charge on any atom is 0.341 e. The summed E-state index contributed by atoms with van der Waals surface area (Å²) in [6.07, 6.45) is 1.34. The number of pyridine rings is 1. The molecule has 3 aromatic rings. The lowest BCUT2D eigenvalue weighted by Crippen LogP contribution is -2.12. The van der Waals surface area contributed by atoms with Crippen LogP contribution in [0.1, 0.15) is 33.2 Å². The number of esters is 1. The van der Waals surface area contributed by atoms with Crippen molar-refractivity contribution < 1.29 is 24.2 Å². The van der Waals surface area contributed by atoms with Crippen molar-refractivity contribution in [1.82, 2.24) is 4.98 Å². The van der Waals surface area contributed by atoms with Crippen LogP contribution in [-0.2, 0) is 4.74 Å². The van der Waals surface area contributed by atoms with Crippen molar-refractivity contribution in [3.63, 3.8) is 0 Å². The van der Waals surface area contributed by atoms with Gasteiger partial charge < -0.3 is 19.9 Å². The summed E-state index contributed by atoms with van der Waals surface area (Å²) in [5, 5.41) is 13.1. The largest absolute Gasteiger partial charge is 0.507 e. The van der Waals surface area contributed by atoms with Crippen molar-refractivity contribution in [3.05, 3.63) is 77.5 Å². The number of ether oxygens (including phenoxy) is 2. The first-order valence-corrected chi connectivity index (χ1v) is 8.94. The van der Waals surface area contributed by atoms with Crippen LogP contribution in [0.25, 0.3) is 0 Å². The Morgan fingerprint density at radius 1 is 1.07 bits per heavy atom. The summed E-state index contributed by atoms with van der Waals surface area (Å²) in [5.74, 6) is -0.609. The number of carbonyl (C=O) groups is 2. The topological polar surface area (TPSA) is 97.8 Å². The standard InChI is InChI=1S/C22H20N2O5/c1-3-29-22(27)18-11-14(13-23-21(18)24-15-7-5-4-6-8-15)20(26)17-12-16(28-2)9-10-19(17)25/h4-13,25H,3H2,1-2H3,(H,23,24). The third kappa shape index (κ3) is 4.52. The number of para-hydroxylation sites is 1. The lowest BCUT2D eigenvalue weighted by molar-refractivity contribution is 0.0527. The van der Waals surface area contributed by atoms with E-state index in [2.05, 4.69) is 10.3 Å². The predicted octanol–water partition coefficient (Wildman–Crippen LogP) is 3.95. The van der Waals surface area contributed by atoms with Crippen molar-refractivity contribution in [2.24, 2.45) is 0 Å². The van der Waals surface area contributed by atoms with E-state index in [1.807, 2.05) is 30.3 Å². The molecule has 2 aromatic carbocycles. The lowest BCUT2D eigenvalue weighted by atomic mass is 10.0. The number of hydrogen-bond donors (Lipinski definition) is 2. The van der Waals surface area contributed by atoms with E-state index in [0.717, 1.165) is 5.69 Å². The second-order valence-corrected chi connectivity index (χ2v) is 6.04. The quantitative estimate of drug-likeness (QED) is 0.464. The van der Waals surface area contributed by atoms with E-state index in [1.165, 1.54) is 31.5 Å². The maximum absolute atomic E-state index is 12.9. The lowest BCUT2D eigenvalue weighted by Gasteiger charge is -2.12. The van der Waals surface area contributed by atoms with E-state index in [9.17, 15) is 14.7 Å². The monoisotopic (exact) mass is 392 g/mol. The van der Waals surface area contributed by atoms with Crippen molar-refractivity contribution in [1.29, 1.82) is 0 Å². The van der Waals surface area contributed by atoms with Gasteiger partial charge in [-0.1, -0.05) is 18.2 Å². The third-order valence-corrected chi connectivity index (χ3v) is 4.13. The van der Waals surface area contributed by atoms with E-state index in [1.54, 1.807) is 13.0 Å². The van der Waals surface area contributed by atoms with Gasteiger partial charge in [-0.3, -0.25) is 4.79 Å². The number of anilines is 2. The number of ketones is 1. The van der Waals surface area contributed by atoms with Gasteiger partial charge in [-0.05, 0) is 43.3 Å². The highest BCUT2D eigenvalue weighted by atomic mass is 16.5. The number of nitrogens with one attached hydrogen (secondary N) is 1. The fourth-order valence-electron chi connectivity index (χ4n) is 2.69. The molecule has 0 saturated heterocycles. The minimum absolute atomic E-state index is 0.0460. The third-order valence-electron chi connectivity index (χ3n) is 4.13. The number of nitrogens with zero attached hydrogens (tertiary/aromatic N) is 1. The van der Waals surface area contributed by atoms with Gasteiger partial charge in [0.15, 0.2) is 5.78 Å². The van der Waals surface area contributed by atoms with Crippen molar-refractivity contribution in [2.45, 2.75) is 6.92 Å². The summed E-state index contributed by atoms with van der Waals surface area (Å²) in [7, 11) is 1.46. The number of aromatic hydroxyl groups is 1. The Morgan fingerprint density at radius 2 is 1.83 bits per heavy atom. The highest BCUT2D eigenvalue weighted by Gasteiger charge is 2.21. The van der Waals surface area contributed by atoms with Crippen molar-refractivity contribution in [2.75, 3.05) is 19.0 Å². The highest BCUT2D eigenvalue weighted by Crippen LogP contribution is 2.27. The Kier molecular flexibility index (Phi) is 6.09. The summed E-state index contributed by atoms with van der Waals surface area (Å²) in [5.41, 5.74) is 1.03. The van der Waals surface area contributed by atoms with E-state index < -0.39 is 11.8 Å². The Hall–Kier alpha value is -3.87. The number of phenols is 1. The Labute approximate surface area is 167 Å². The summed E-state index contributed by atoms with van der Waals surface area (Å²) >= 11 is 0. The van der Waals surface area contributed by atoms with Crippen LogP contribution < -0.4 is 10.1 Å². The van der Waals surface area contributed by atoms with Gasteiger partial charge in [0, 0.05) is 17.4 Å². The molecular formula is C22H20N2O5. The fraction of sp³-hybridized carbons (Fsp3) is 0.136. The number of carbonyl (C=O) groups excluding carboxylic acids is 2. The molecule has 0 atom stereocenters. The molecule has 0 saturated carbocycles. The Bertz CT molecular complexity index is 1030. The summed E-state index contributed by atoms with van der Waals surface area (Å²) in [4.78, 5) is 29.6. The fourth-order valence-corrected chi connectivity index (χ4v) is 2.69. The van der Waals surface area contributed by atoms with Gasteiger partial charge in [0.1, 0.15) is 22.9 Å². The number of benzene rings is 2. The second-order valence-electron chi connectivity index (χ2n) is 6.04. The molecule has 7 heteroatoms. The molecule has 0 radical (unpaired) electrons. The zero-order valence-corrected chi connectivity index (χ0v) is 16.0. The van der Waals surface area contributed by atoms with Crippen LogP contribution in [0.15, 0.2) is 60.8 Å². The van der Waals surface area contributed by atoms with Gasteiger partial charge >= 0.3 is 5.97 Å². The molecule has 29 heavy (non-hydrogen) atoms. The van der Waals surface area contributed by atoms with E-state index >= 15 is 0 Å². The number of methoxy groups -OCH3 is 1. The molecule has 7 nitrogen and oxygen atoms in total. The van der Waals surface area contributed by atoms with Crippen LogP contribution in [0.4, 0.5) is 11.5 Å². The normalized spacial score (nSPS) is 10.3. The maximum atomic E-state index is 12.9. The molecule has 1 heterocycles. The molecule has 1 aromatic heterocycles. The zero-order valence-electron chi connectivity index (χ0n) is 16.0. The molecule has 0 unspecified atom stereocenters. The van der Waals surface area contributed by atoms with Crippen molar-refractivity contribution in [3.8, 4) is 11.5 Å². The van der Waals surface area contributed by atoms with Crippen LogP contribution in [0, 0.1) is 0 Å². The van der Waals surface area contributed by atoms with Gasteiger partial charge in [0.05, 0.1) is 19.3 Å². The first kappa shape index (κ1) is 19.9. The van der Waals surface area contributed by atoms with Gasteiger partial charge in [-0.15, -0.1) is 0 Å². The number of hydrogen-bond acceptors (Lipinski definition) is 7. The minimum Gasteiger partial charge on any atom is -0.507 e. The van der Waals surface area contributed by atoms with E-state index in [0.29, 0.717) is 5.75 Å². The van der Waals surface area contributed by atoms with Crippen molar-refractivity contribution >= 4 is 23.3 Å². The van der Waals surface area contributed by atoms with E-state index in [-0.39, 0.29) is 34.9 Å². The highest BCUT2D eigenvalue weighted by molar-refractivity contribution is 6.12. The van der Waals surface area contributed by atoms with Crippen LogP contribution in [0.5, 0.6) is 11.5 Å². The molecule has 0 bridgehead atoms. The van der Waals surface area contributed by atoms with Gasteiger partial charge in [-0.2, -0.15) is 0 Å². The first-order chi connectivity index (χ1) is 14.0. The average Bonchev–Trinajstić information content (AvgIpc) is 2.75. The molecule has 0 aliphatic rings. The van der Waals surface area contributed by atoms with Crippen LogP contribution in [0.3, 0.4) is 0 Å². The van der Waals surface area contributed by atoms with Crippen LogP contribution in [-0.4, -0.2) is 35.6 Å². The second kappa shape index (κ2) is 8.88. The van der Waals surface area contributed by atoms with Gasteiger partial charge in [-0.25, -0.2) is 9.78 Å². The molecule has 3 rings (SSSR count). The molecule has 0 spiro atoms. The smallest absolute Gasteiger partial charge is 0.341 e. The summed E-state index contributed by atoms with van der Waals surface area (Å²) < 4.78 is 10.2. The zero-order chi connectivity index (χ0) is 20.8. The molecule has 0 amide bonds. The Morgan fingerprint density at radius 3 is 2.52 bits per heavy atom. The van der Waals surface area contributed by atoms with Crippen LogP contribution in [0.2, 0.25) is 0 Å². The molecule has 0 aliphatic heterocycles. The minimum atomic E-state index is -0.608. The number of rotatable bonds is 7. The van der Waals surface area contributed by atoms with E-state index in [4.69, 9.17) is 9.47 Å².